The molecule has 34 heavy (non-hydrogen) atoms. The van der Waals surface area contributed by atoms with E-state index in [1.165, 1.54) is 24.3 Å². The normalized spacial score (nSPS) is 10.9. The minimum atomic E-state index is -3.75. The molecule has 0 saturated heterocycles. The van der Waals surface area contributed by atoms with Crippen LogP contribution < -0.4 is 14.8 Å². The maximum atomic E-state index is 12.6. The Morgan fingerprint density at radius 3 is 2.24 bits per heavy atom. The van der Waals surface area contributed by atoms with Crippen molar-refractivity contribution in [2.45, 2.75) is 25.2 Å². The summed E-state index contributed by atoms with van der Waals surface area (Å²) in [6.07, 6.45) is 0.164. The molecule has 0 aliphatic carbocycles. The van der Waals surface area contributed by atoms with E-state index >= 15 is 0 Å². The molecular formula is C25H26N2O6S. The van der Waals surface area contributed by atoms with Crippen LogP contribution in [0.4, 0.5) is 11.4 Å². The van der Waals surface area contributed by atoms with Gasteiger partial charge < -0.3 is 14.8 Å². The molecule has 0 saturated carbocycles. The molecule has 0 unspecified atom stereocenters. The summed E-state index contributed by atoms with van der Waals surface area (Å²) in [5.74, 6) is -0.330. The lowest BCUT2D eigenvalue weighted by Gasteiger charge is -2.11. The smallest absolute Gasteiger partial charge is 0.310 e. The van der Waals surface area contributed by atoms with Crippen molar-refractivity contribution in [3.05, 3.63) is 83.9 Å². The number of anilines is 2. The summed E-state index contributed by atoms with van der Waals surface area (Å²) in [6, 6.07) is 19.7. The molecule has 3 rings (SSSR count). The van der Waals surface area contributed by atoms with Crippen molar-refractivity contribution in [2.24, 2.45) is 0 Å². The molecule has 0 atom stereocenters. The number of ether oxygens (including phenoxy) is 2. The number of aryl methyl sites for hydroxylation is 1. The van der Waals surface area contributed by atoms with E-state index in [1.54, 1.807) is 43.3 Å². The number of esters is 1. The number of amides is 1. The van der Waals surface area contributed by atoms with Gasteiger partial charge in [-0.25, -0.2) is 8.42 Å². The van der Waals surface area contributed by atoms with Gasteiger partial charge >= 0.3 is 5.97 Å². The Morgan fingerprint density at radius 1 is 0.912 bits per heavy atom. The highest BCUT2D eigenvalue weighted by atomic mass is 32.2. The summed E-state index contributed by atoms with van der Waals surface area (Å²) in [5, 5.41) is 2.70. The van der Waals surface area contributed by atoms with Crippen LogP contribution in [-0.4, -0.2) is 33.5 Å². The number of benzene rings is 3. The SMILES string of the molecule is CCOC(=O)Cc1ccc(NC(=O)COc2ccc(S(=O)(=O)Nc3ccccc3C)cc2)cc1. The lowest BCUT2D eigenvalue weighted by Crippen LogP contribution is -2.20. The summed E-state index contributed by atoms with van der Waals surface area (Å²) in [6.45, 7) is 3.64. The summed E-state index contributed by atoms with van der Waals surface area (Å²) in [4.78, 5) is 23.8. The van der Waals surface area contributed by atoms with Gasteiger partial charge in [-0.3, -0.25) is 14.3 Å². The van der Waals surface area contributed by atoms with Crippen molar-refractivity contribution in [3.63, 3.8) is 0 Å². The van der Waals surface area contributed by atoms with Crippen LogP contribution in [0.5, 0.6) is 5.75 Å². The van der Waals surface area contributed by atoms with E-state index in [0.717, 1.165) is 11.1 Å². The van der Waals surface area contributed by atoms with Crippen molar-refractivity contribution < 1.29 is 27.5 Å². The average molecular weight is 483 g/mol. The number of carbonyl (C=O) groups is 2. The molecule has 1 amide bonds. The molecule has 178 valence electrons. The molecule has 0 spiro atoms. The Kier molecular flexibility index (Phi) is 8.26. The highest BCUT2D eigenvalue weighted by Crippen LogP contribution is 2.21. The summed E-state index contributed by atoms with van der Waals surface area (Å²) in [5.41, 5.74) is 2.66. The fourth-order valence-electron chi connectivity index (χ4n) is 3.04. The highest BCUT2D eigenvalue weighted by molar-refractivity contribution is 7.92. The van der Waals surface area contributed by atoms with Gasteiger partial charge in [-0.1, -0.05) is 30.3 Å². The molecular weight excluding hydrogens is 456 g/mol. The van der Waals surface area contributed by atoms with E-state index in [4.69, 9.17) is 9.47 Å². The molecule has 3 aromatic rings. The van der Waals surface area contributed by atoms with Crippen LogP contribution in [0, 0.1) is 6.92 Å². The van der Waals surface area contributed by atoms with Crippen molar-refractivity contribution in [1.29, 1.82) is 0 Å². The van der Waals surface area contributed by atoms with E-state index in [9.17, 15) is 18.0 Å². The standard InChI is InChI=1S/C25H26N2O6S/c1-3-32-25(29)16-19-8-10-20(11-9-19)26-24(28)17-33-21-12-14-22(15-13-21)34(30,31)27-23-7-5-4-6-18(23)2/h4-15,27H,3,16-17H2,1-2H3,(H,26,28). The van der Waals surface area contributed by atoms with E-state index in [2.05, 4.69) is 10.0 Å². The minimum absolute atomic E-state index is 0.0791. The second kappa shape index (κ2) is 11.3. The summed E-state index contributed by atoms with van der Waals surface area (Å²) in [7, 11) is -3.75. The Bertz CT molecular complexity index is 1240. The van der Waals surface area contributed by atoms with Crippen LogP contribution in [0.25, 0.3) is 0 Å². The van der Waals surface area contributed by atoms with Crippen molar-refractivity contribution >= 4 is 33.3 Å². The van der Waals surface area contributed by atoms with Gasteiger partial charge in [-0.2, -0.15) is 0 Å². The first kappa shape index (κ1) is 24.8. The van der Waals surface area contributed by atoms with Gasteiger partial charge in [0.05, 0.1) is 23.6 Å². The Labute approximate surface area is 199 Å². The molecule has 2 N–H and O–H groups in total. The van der Waals surface area contributed by atoms with Crippen LogP contribution in [0.15, 0.2) is 77.7 Å². The highest BCUT2D eigenvalue weighted by Gasteiger charge is 2.15. The zero-order valence-corrected chi connectivity index (χ0v) is 19.7. The van der Waals surface area contributed by atoms with Crippen LogP contribution in [0.2, 0.25) is 0 Å². The monoisotopic (exact) mass is 482 g/mol. The van der Waals surface area contributed by atoms with Gasteiger partial charge in [0.2, 0.25) is 0 Å². The molecule has 0 heterocycles. The van der Waals surface area contributed by atoms with Crippen LogP contribution in [0.3, 0.4) is 0 Å². The number of carbonyl (C=O) groups excluding carboxylic acids is 2. The lowest BCUT2D eigenvalue weighted by molar-refractivity contribution is -0.142. The molecule has 8 nitrogen and oxygen atoms in total. The largest absolute Gasteiger partial charge is 0.484 e. The number of hydrogen-bond acceptors (Lipinski definition) is 6. The van der Waals surface area contributed by atoms with E-state index in [-0.39, 0.29) is 29.8 Å². The maximum Gasteiger partial charge on any atom is 0.310 e. The van der Waals surface area contributed by atoms with Crippen LogP contribution in [0.1, 0.15) is 18.1 Å². The van der Waals surface area contributed by atoms with Gasteiger partial charge in [0, 0.05) is 5.69 Å². The number of rotatable bonds is 10. The first-order chi connectivity index (χ1) is 16.3. The van der Waals surface area contributed by atoms with E-state index < -0.39 is 10.0 Å². The van der Waals surface area contributed by atoms with E-state index in [0.29, 0.717) is 23.7 Å². The molecule has 3 aromatic carbocycles. The Morgan fingerprint density at radius 2 is 1.59 bits per heavy atom. The van der Waals surface area contributed by atoms with Gasteiger partial charge in [-0.05, 0) is 67.4 Å². The molecule has 0 radical (unpaired) electrons. The second-order valence-electron chi connectivity index (χ2n) is 7.41. The molecule has 0 aliphatic heterocycles. The first-order valence-corrected chi connectivity index (χ1v) is 12.1. The van der Waals surface area contributed by atoms with Gasteiger partial charge in [0.1, 0.15) is 5.75 Å². The Balaban J connectivity index is 1.51. The average Bonchev–Trinajstić information content (AvgIpc) is 2.81. The van der Waals surface area contributed by atoms with Gasteiger partial charge in [0.25, 0.3) is 15.9 Å². The topological polar surface area (TPSA) is 111 Å². The third-order valence-electron chi connectivity index (χ3n) is 4.78. The molecule has 0 aromatic heterocycles. The second-order valence-corrected chi connectivity index (χ2v) is 9.09. The molecule has 0 bridgehead atoms. The predicted molar refractivity (Wildman–Crippen MR) is 129 cm³/mol. The van der Waals surface area contributed by atoms with Crippen LogP contribution in [-0.2, 0) is 30.8 Å². The molecule has 0 fully saturated rings. The van der Waals surface area contributed by atoms with Gasteiger partial charge in [0.15, 0.2) is 6.61 Å². The minimum Gasteiger partial charge on any atom is -0.484 e. The summed E-state index contributed by atoms with van der Waals surface area (Å²) >= 11 is 0. The van der Waals surface area contributed by atoms with Crippen LogP contribution >= 0.6 is 0 Å². The van der Waals surface area contributed by atoms with E-state index in [1.807, 2.05) is 19.1 Å². The maximum absolute atomic E-state index is 12.6. The molecule has 0 aliphatic rings. The lowest BCUT2D eigenvalue weighted by atomic mass is 10.1. The molecule has 9 heteroatoms. The number of sulfonamides is 1. The first-order valence-electron chi connectivity index (χ1n) is 10.6. The van der Waals surface area contributed by atoms with Crippen molar-refractivity contribution in [1.82, 2.24) is 0 Å². The van der Waals surface area contributed by atoms with Crippen molar-refractivity contribution in [2.75, 3.05) is 23.3 Å². The summed E-state index contributed by atoms with van der Waals surface area (Å²) < 4.78 is 38.1. The quantitative estimate of drug-likeness (QED) is 0.424. The number of para-hydroxylation sites is 1. The zero-order valence-electron chi connectivity index (χ0n) is 18.9. The fraction of sp³-hybridized carbons (Fsp3) is 0.200. The number of hydrogen-bond donors (Lipinski definition) is 2. The zero-order chi connectivity index (χ0) is 24.6. The third-order valence-corrected chi connectivity index (χ3v) is 6.17. The Hall–Kier alpha value is -3.85. The fourth-order valence-corrected chi connectivity index (χ4v) is 4.17. The predicted octanol–water partition coefficient (Wildman–Crippen LogP) is 3.92. The van der Waals surface area contributed by atoms with Crippen molar-refractivity contribution in [3.8, 4) is 5.75 Å². The third kappa shape index (κ3) is 7.08. The van der Waals surface area contributed by atoms with Gasteiger partial charge in [-0.15, -0.1) is 0 Å². The number of nitrogens with one attached hydrogen (secondary N) is 2.